The Morgan fingerprint density at radius 2 is 2.04 bits per heavy atom. The number of hydrogen-bond acceptors (Lipinski definition) is 4. The average Bonchev–Trinajstić information content (AvgIpc) is 2.79. The van der Waals surface area contributed by atoms with E-state index in [0.29, 0.717) is 38.4 Å². The summed E-state index contributed by atoms with van der Waals surface area (Å²) >= 11 is 0. The lowest BCUT2D eigenvalue weighted by molar-refractivity contribution is -0.137. The number of anilines is 1. The molecular formula is C16H23F3N4O. The first-order valence-corrected chi connectivity index (χ1v) is 8.15. The molecule has 1 aromatic heterocycles. The van der Waals surface area contributed by atoms with E-state index in [-0.39, 0.29) is 5.91 Å². The predicted octanol–water partition coefficient (Wildman–Crippen LogP) is 2.27. The van der Waals surface area contributed by atoms with Gasteiger partial charge in [-0.3, -0.25) is 4.79 Å². The zero-order valence-corrected chi connectivity index (χ0v) is 13.7. The SMILES string of the molecule is CCC[C@H](N)C(=O)N1CCCN(c2ccc(C(F)(F)F)cn2)CC1. The van der Waals surface area contributed by atoms with Crippen LogP contribution in [0.2, 0.25) is 0 Å². The molecule has 0 radical (unpaired) electrons. The van der Waals surface area contributed by atoms with Crippen molar-refractivity contribution in [3.63, 3.8) is 0 Å². The molecule has 8 heteroatoms. The summed E-state index contributed by atoms with van der Waals surface area (Å²) in [6.45, 7) is 4.26. The maximum Gasteiger partial charge on any atom is 0.417 e. The molecule has 5 nitrogen and oxygen atoms in total. The molecule has 0 saturated carbocycles. The number of pyridine rings is 1. The normalized spacial score (nSPS) is 17.5. The molecule has 1 aromatic rings. The third kappa shape index (κ3) is 4.59. The topological polar surface area (TPSA) is 62.5 Å². The van der Waals surface area contributed by atoms with Crippen LogP contribution in [0.25, 0.3) is 0 Å². The smallest absolute Gasteiger partial charge is 0.355 e. The molecule has 0 aromatic carbocycles. The van der Waals surface area contributed by atoms with Crippen LogP contribution in [-0.4, -0.2) is 48.0 Å². The summed E-state index contributed by atoms with van der Waals surface area (Å²) in [6, 6.07) is 1.93. The van der Waals surface area contributed by atoms with Gasteiger partial charge in [0.1, 0.15) is 5.82 Å². The third-order valence-corrected chi connectivity index (χ3v) is 4.12. The minimum absolute atomic E-state index is 0.0564. The molecule has 1 aliphatic rings. The van der Waals surface area contributed by atoms with E-state index in [4.69, 9.17) is 5.73 Å². The Hall–Kier alpha value is -1.83. The number of carbonyl (C=O) groups excluding carboxylic acids is 1. The van der Waals surface area contributed by atoms with E-state index < -0.39 is 17.8 Å². The Bertz CT molecular complexity index is 547. The van der Waals surface area contributed by atoms with Crippen molar-refractivity contribution in [3.05, 3.63) is 23.9 Å². The van der Waals surface area contributed by atoms with Crippen LogP contribution in [0.5, 0.6) is 0 Å². The van der Waals surface area contributed by atoms with Crippen LogP contribution < -0.4 is 10.6 Å². The van der Waals surface area contributed by atoms with E-state index in [1.807, 2.05) is 11.8 Å². The highest BCUT2D eigenvalue weighted by molar-refractivity contribution is 5.81. The van der Waals surface area contributed by atoms with Crippen LogP contribution in [0.15, 0.2) is 18.3 Å². The standard InChI is InChI=1S/C16H23F3N4O/c1-2-4-13(20)15(24)23-8-3-7-22(9-10-23)14-6-5-12(11-21-14)16(17,18)19/h5-6,11,13H,2-4,7-10,20H2,1H3/t13-/m0/s1. The van der Waals surface area contributed by atoms with Crippen molar-refractivity contribution in [2.45, 2.75) is 38.4 Å². The highest BCUT2D eigenvalue weighted by Crippen LogP contribution is 2.29. The molecule has 1 atom stereocenters. The van der Waals surface area contributed by atoms with Gasteiger partial charge in [0, 0.05) is 32.4 Å². The summed E-state index contributed by atoms with van der Waals surface area (Å²) < 4.78 is 37.8. The minimum Gasteiger partial charge on any atom is -0.355 e. The number of nitrogens with two attached hydrogens (primary N) is 1. The maximum atomic E-state index is 12.6. The van der Waals surface area contributed by atoms with Crippen molar-refractivity contribution in [2.75, 3.05) is 31.1 Å². The Labute approximate surface area is 139 Å². The molecule has 1 saturated heterocycles. The van der Waals surface area contributed by atoms with Gasteiger partial charge in [-0.15, -0.1) is 0 Å². The number of alkyl halides is 3. The van der Waals surface area contributed by atoms with Gasteiger partial charge in [0.2, 0.25) is 5.91 Å². The van der Waals surface area contributed by atoms with E-state index in [1.54, 1.807) is 4.90 Å². The first kappa shape index (κ1) is 18.5. The van der Waals surface area contributed by atoms with Crippen LogP contribution in [0.1, 0.15) is 31.7 Å². The lowest BCUT2D eigenvalue weighted by Gasteiger charge is -2.25. The van der Waals surface area contributed by atoms with Gasteiger partial charge in [0.15, 0.2) is 0 Å². The molecule has 1 amide bonds. The van der Waals surface area contributed by atoms with Crippen molar-refractivity contribution >= 4 is 11.7 Å². The average molecular weight is 344 g/mol. The molecule has 1 aliphatic heterocycles. The Kier molecular flexibility index (Phi) is 6.04. The van der Waals surface area contributed by atoms with Crippen LogP contribution in [0, 0.1) is 0 Å². The van der Waals surface area contributed by atoms with Gasteiger partial charge < -0.3 is 15.5 Å². The van der Waals surface area contributed by atoms with Gasteiger partial charge >= 0.3 is 6.18 Å². The Morgan fingerprint density at radius 1 is 1.29 bits per heavy atom. The van der Waals surface area contributed by atoms with Crippen LogP contribution in [-0.2, 0) is 11.0 Å². The molecule has 0 bridgehead atoms. The second kappa shape index (κ2) is 7.83. The number of carbonyl (C=O) groups is 1. The van der Waals surface area contributed by atoms with Gasteiger partial charge in [-0.2, -0.15) is 13.2 Å². The number of hydrogen-bond donors (Lipinski definition) is 1. The van der Waals surface area contributed by atoms with E-state index in [0.717, 1.165) is 25.1 Å². The van der Waals surface area contributed by atoms with Crippen LogP contribution >= 0.6 is 0 Å². The highest BCUT2D eigenvalue weighted by Gasteiger charge is 2.31. The molecule has 0 unspecified atom stereocenters. The number of amides is 1. The first-order chi connectivity index (χ1) is 11.3. The summed E-state index contributed by atoms with van der Waals surface area (Å²) in [4.78, 5) is 19.8. The van der Waals surface area contributed by atoms with Gasteiger partial charge in [0.25, 0.3) is 0 Å². The van der Waals surface area contributed by atoms with Crippen LogP contribution in [0.3, 0.4) is 0 Å². The third-order valence-electron chi connectivity index (χ3n) is 4.12. The molecule has 2 rings (SSSR count). The fourth-order valence-electron chi connectivity index (χ4n) is 2.78. The van der Waals surface area contributed by atoms with E-state index in [9.17, 15) is 18.0 Å². The van der Waals surface area contributed by atoms with Gasteiger partial charge in [-0.25, -0.2) is 4.98 Å². The first-order valence-electron chi connectivity index (χ1n) is 8.15. The highest BCUT2D eigenvalue weighted by atomic mass is 19.4. The largest absolute Gasteiger partial charge is 0.417 e. The van der Waals surface area contributed by atoms with Gasteiger partial charge in [0.05, 0.1) is 11.6 Å². The summed E-state index contributed by atoms with van der Waals surface area (Å²) in [6.07, 6.45) is -1.31. The maximum absolute atomic E-state index is 12.6. The second-order valence-electron chi connectivity index (χ2n) is 5.96. The quantitative estimate of drug-likeness (QED) is 0.910. The Morgan fingerprint density at radius 3 is 2.62 bits per heavy atom. The molecule has 2 N–H and O–H groups in total. The molecule has 0 spiro atoms. The summed E-state index contributed by atoms with van der Waals surface area (Å²) in [7, 11) is 0. The molecule has 24 heavy (non-hydrogen) atoms. The van der Waals surface area contributed by atoms with Crippen molar-refractivity contribution in [1.82, 2.24) is 9.88 Å². The number of aromatic nitrogens is 1. The molecule has 1 fully saturated rings. The van der Waals surface area contributed by atoms with Crippen molar-refractivity contribution in [3.8, 4) is 0 Å². The molecule has 2 heterocycles. The number of halogens is 3. The van der Waals surface area contributed by atoms with Crippen molar-refractivity contribution in [2.24, 2.45) is 5.73 Å². The second-order valence-corrected chi connectivity index (χ2v) is 5.96. The van der Waals surface area contributed by atoms with Gasteiger partial charge in [-0.1, -0.05) is 13.3 Å². The van der Waals surface area contributed by atoms with Gasteiger partial charge in [-0.05, 0) is 25.0 Å². The summed E-state index contributed by atoms with van der Waals surface area (Å²) in [5.74, 6) is 0.439. The lowest BCUT2D eigenvalue weighted by Crippen LogP contribution is -2.45. The lowest BCUT2D eigenvalue weighted by atomic mass is 10.1. The van der Waals surface area contributed by atoms with Crippen molar-refractivity contribution in [1.29, 1.82) is 0 Å². The zero-order chi connectivity index (χ0) is 17.7. The Balaban J connectivity index is 1.99. The minimum atomic E-state index is -4.39. The molecule has 134 valence electrons. The van der Waals surface area contributed by atoms with E-state index in [1.165, 1.54) is 6.07 Å². The molecular weight excluding hydrogens is 321 g/mol. The van der Waals surface area contributed by atoms with Crippen LogP contribution in [0.4, 0.5) is 19.0 Å². The predicted molar refractivity (Wildman–Crippen MR) is 85.5 cm³/mol. The monoisotopic (exact) mass is 344 g/mol. The van der Waals surface area contributed by atoms with E-state index in [2.05, 4.69) is 4.98 Å². The van der Waals surface area contributed by atoms with E-state index >= 15 is 0 Å². The number of rotatable bonds is 4. The fourth-order valence-corrected chi connectivity index (χ4v) is 2.78. The van der Waals surface area contributed by atoms with Crippen molar-refractivity contribution < 1.29 is 18.0 Å². The number of nitrogens with zero attached hydrogens (tertiary/aromatic N) is 3. The fraction of sp³-hybridized carbons (Fsp3) is 0.625. The summed E-state index contributed by atoms with van der Waals surface area (Å²) in [5.41, 5.74) is 5.13. The molecule has 0 aliphatic carbocycles. The zero-order valence-electron chi connectivity index (χ0n) is 13.7. The summed E-state index contributed by atoms with van der Waals surface area (Å²) in [5, 5.41) is 0.